The van der Waals surface area contributed by atoms with Gasteiger partial charge in [-0.25, -0.2) is 0 Å². The van der Waals surface area contributed by atoms with E-state index in [1.54, 1.807) is 0 Å². The summed E-state index contributed by atoms with van der Waals surface area (Å²) in [6.45, 7) is 3.29. The molecular formula is C21H34BrNO2. The average Bonchev–Trinajstić information content (AvgIpc) is 2.61. The van der Waals surface area contributed by atoms with Crippen LogP contribution in [0.5, 0.6) is 0 Å². The van der Waals surface area contributed by atoms with E-state index in [0.29, 0.717) is 13.0 Å². The molecule has 0 radical (unpaired) electrons. The van der Waals surface area contributed by atoms with Crippen LogP contribution in [-0.2, 0) is 16.0 Å². The van der Waals surface area contributed by atoms with Crippen molar-refractivity contribution >= 4 is 27.6 Å². The molecule has 1 rings (SSSR count). The van der Waals surface area contributed by atoms with Gasteiger partial charge in [0.15, 0.2) is 0 Å². The van der Waals surface area contributed by atoms with E-state index in [9.17, 15) is 4.79 Å². The third-order valence-electron chi connectivity index (χ3n) is 4.25. The molecule has 0 amide bonds. The molecule has 0 bridgehead atoms. The van der Waals surface area contributed by atoms with Crippen molar-refractivity contribution in [3.8, 4) is 0 Å². The van der Waals surface area contributed by atoms with Gasteiger partial charge >= 0.3 is 5.97 Å². The number of esters is 1. The monoisotopic (exact) mass is 411 g/mol. The fourth-order valence-corrected chi connectivity index (χ4v) is 3.21. The van der Waals surface area contributed by atoms with Crippen LogP contribution in [0.2, 0.25) is 0 Å². The number of benzene rings is 1. The van der Waals surface area contributed by atoms with Gasteiger partial charge in [-0.3, -0.25) is 4.79 Å². The Morgan fingerprint density at radius 1 is 0.920 bits per heavy atom. The maximum atomic E-state index is 11.4. The van der Waals surface area contributed by atoms with E-state index in [0.717, 1.165) is 23.1 Å². The van der Waals surface area contributed by atoms with Crippen LogP contribution < -0.4 is 5.32 Å². The Kier molecular flexibility index (Phi) is 13.4. The Balaban J connectivity index is 2.00. The molecule has 0 saturated heterocycles. The second-order valence-electron chi connectivity index (χ2n) is 6.48. The van der Waals surface area contributed by atoms with Crippen LogP contribution >= 0.6 is 15.9 Å². The molecule has 3 nitrogen and oxygen atoms in total. The SMILES string of the molecule is CCOC(=O)Cc1ccc(NCCCCCCCCCCCBr)cc1. The van der Waals surface area contributed by atoms with Gasteiger partial charge in [-0.15, -0.1) is 0 Å². The van der Waals surface area contributed by atoms with Crippen LogP contribution in [0.4, 0.5) is 5.69 Å². The van der Waals surface area contributed by atoms with Crippen LogP contribution in [0, 0.1) is 0 Å². The van der Waals surface area contributed by atoms with E-state index >= 15 is 0 Å². The van der Waals surface area contributed by atoms with Gasteiger partial charge in [0.25, 0.3) is 0 Å². The van der Waals surface area contributed by atoms with Crippen LogP contribution in [0.1, 0.15) is 70.3 Å². The molecule has 1 aromatic carbocycles. The summed E-state index contributed by atoms with van der Waals surface area (Å²) < 4.78 is 4.96. The summed E-state index contributed by atoms with van der Waals surface area (Å²) in [6.07, 6.45) is 12.4. The Hall–Kier alpha value is -1.03. The molecular weight excluding hydrogens is 378 g/mol. The molecule has 0 unspecified atom stereocenters. The summed E-state index contributed by atoms with van der Waals surface area (Å²) in [5.41, 5.74) is 2.12. The van der Waals surface area contributed by atoms with Gasteiger partial charge in [-0.1, -0.05) is 73.0 Å². The van der Waals surface area contributed by atoms with Gasteiger partial charge in [0.2, 0.25) is 0 Å². The minimum Gasteiger partial charge on any atom is -0.466 e. The number of carbonyl (C=O) groups excluding carboxylic acids is 1. The predicted molar refractivity (Wildman–Crippen MR) is 111 cm³/mol. The first kappa shape index (κ1) is 22.0. The van der Waals surface area contributed by atoms with Crippen molar-refractivity contribution in [3.05, 3.63) is 29.8 Å². The number of hydrogen-bond acceptors (Lipinski definition) is 3. The quantitative estimate of drug-likeness (QED) is 0.215. The number of rotatable bonds is 15. The zero-order valence-electron chi connectivity index (χ0n) is 15.7. The van der Waals surface area contributed by atoms with E-state index in [4.69, 9.17) is 4.74 Å². The minimum absolute atomic E-state index is 0.161. The molecule has 0 spiro atoms. The highest BCUT2D eigenvalue weighted by Crippen LogP contribution is 2.12. The third kappa shape index (κ3) is 12.0. The Bertz CT molecular complexity index is 448. The summed E-state index contributed by atoms with van der Waals surface area (Å²) in [5, 5.41) is 4.60. The van der Waals surface area contributed by atoms with Gasteiger partial charge in [0.1, 0.15) is 0 Å². The lowest BCUT2D eigenvalue weighted by Crippen LogP contribution is -2.07. The number of ether oxygens (including phenoxy) is 1. The van der Waals surface area contributed by atoms with Crippen molar-refractivity contribution in [2.24, 2.45) is 0 Å². The highest BCUT2D eigenvalue weighted by atomic mass is 79.9. The molecule has 1 aromatic rings. The number of unbranched alkanes of at least 4 members (excludes halogenated alkanes) is 8. The summed E-state index contributed by atoms with van der Waals surface area (Å²) in [6, 6.07) is 8.08. The summed E-state index contributed by atoms with van der Waals surface area (Å²) >= 11 is 3.48. The number of carbonyl (C=O) groups is 1. The Labute approximate surface area is 162 Å². The van der Waals surface area contributed by atoms with Gasteiger partial charge < -0.3 is 10.1 Å². The highest BCUT2D eigenvalue weighted by molar-refractivity contribution is 9.09. The zero-order valence-corrected chi connectivity index (χ0v) is 17.3. The Morgan fingerprint density at radius 3 is 2.04 bits per heavy atom. The van der Waals surface area contributed by atoms with Crippen molar-refractivity contribution in [2.75, 3.05) is 23.8 Å². The molecule has 0 saturated carbocycles. The van der Waals surface area contributed by atoms with Crippen molar-refractivity contribution in [3.63, 3.8) is 0 Å². The molecule has 142 valence electrons. The standard InChI is InChI=1S/C21H34BrNO2/c1-2-25-21(24)18-19-12-14-20(15-13-19)23-17-11-9-7-5-3-4-6-8-10-16-22/h12-15,23H,2-11,16-18H2,1H3. The van der Waals surface area contributed by atoms with Gasteiger partial charge in [-0.05, 0) is 37.5 Å². The number of anilines is 1. The van der Waals surface area contributed by atoms with Gasteiger partial charge in [0.05, 0.1) is 13.0 Å². The van der Waals surface area contributed by atoms with Crippen molar-refractivity contribution in [1.29, 1.82) is 0 Å². The number of hydrogen-bond donors (Lipinski definition) is 1. The predicted octanol–water partition coefficient (Wildman–Crippen LogP) is 6.11. The second kappa shape index (κ2) is 15.2. The van der Waals surface area contributed by atoms with E-state index in [1.807, 2.05) is 31.2 Å². The van der Waals surface area contributed by atoms with E-state index in [-0.39, 0.29) is 5.97 Å². The summed E-state index contributed by atoms with van der Waals surface area (Å²) in [7, 11) is 0. The molecule has 0 atom stereocenters. The normalized spacial score (nSPS) is 10.6. The second-order valence-corrected chi connectivity index (χ2v) is 7.27. The smallest absolute Gasteiger partial charge is 0.310 e. The lowest BCUT2D eigenvalue weighted by Gasteiger charge is -2.08. The van der Waals surface area contributed by atoms with Crippen LogP contribution in [-0.4, -0.2) is 24.5 Å². The van der Waals surface area contributed by atoms with Crippen molar-refractivity contribution in [1.82, 2.24) is 0 Å². The first-order valence-electron chi connectivity index (χ1n) is 9.80. The summed E-state index contributed by atoms with van der Waals surface area (Å²) in [4.78, 5) is 11.4. The van der Waals surface area contributed by atoms with Gasteiger partial charge in [-0.2, -0.15) is 0 Å². The van der Waals surface area contributed by atoms with Crippen LogP contribution in [0.25, 0.3) is 0 Å². The molecule has 4 heteroatoms. The number of alkyl halides is 1. The van der Waals surface area contributed by atoms with Crippen LogP contribution in [0.15, 0.2) is 24.3 Å². The molecule has 0 heterocycles. The maximum absolute atomic E-state index is 11.4. The lowest BCUT2D eigenvalue weighted by molar-refractivity contribution is -0.142. The first-order chi connectivity index (χ1) is 12.3. The van der Waals surface area contributed by atoms with E-state index in [1.165, 1.54) is 57.8 Å². The maximum Gasteiger partial charge on any atom is 0.310 e. The molecule has 0 fully saturated rings. The average molecular weight is 412 g/mol. The molecule has 1 N–H and O–H groups in total. The fourth-order valence-electron chi connectivity index (χ4n) is 2.81. The minimum atomic E-state index is -0.161. The zero-order chi connectivity index (χ0) is 18.2. The topological polar surface area (TPSA) is 38.3 Å². The molecule has 0 aliphatic carbocycles. The highest BCUT2D eigenvalue weighted by Gasteiger charge is 2.03. The number of halogens is 1. The van der Waals surface area contributed by atoms with Crippen LogP contribution in [0.3, 0.4) is 0 Å². The largest absolute Gasteiger partial charge is 0.466 e. The Morgan fingerprint density at radius 2 is 1.48 bits per heavy atom. The lowest BCUT2D eigenvalue weighted by atomic mass is 10.1. The molecule has 0 aliphatic rings. The fraction of sp³-hybridized carbons (Fsp3) is 0.667. The van der Waals surface area contributed by atoms with E-state index in [2.05, 4.69) is 21.2 Å². The van der Waals surface area contributed by atoms with Crippen molar-refractivity contribution < 1.29 is 9.53 Å². The first-order valence-corrected chi connectivity index (χ1v) is 10.9. The van der Waals surface area contributed by atoms with Crippen molar-refractivity contribution in [2.45, 2.75) is 71.1 Å². The molecule has 0 aromatic heterocycles. The third-order valence-corrected chi connectivity index (χ3v) is 4.81. The van der Waals surface area contributed by atoms with Gasteiger partial charge in [0, 0.05) is 17.6 Å². The molecule has 0 aliphatic heterocycles. The summed E-state index contributed by atoms with van der Waals surface area (Å²) in [5.74, 6) is -0.161. The number of nitrogens with one attached hydrogen (secondary N) is 1. The molecule has 25 heavy (non-hydrogen) atoms. The van der Waals surface area contributed by atoms with E-state index < -0.39 is 0 Å².